The Morgan fingerprint density at radius 1 is 1.07 bits per heavy atom. The summed E-state index contributed by atoms with van der Waals surface area (Å²) < 4.78 is 21.1. The van der Waals surface area contributed by atoms with E-state index in [4.69, 9.17) is 18.9 Å². The van der Waals surface area contributed by atoms with Crippen LogP contribution in [0.1, 0.15) is 0 Å². The van der Waals surface area contributed by atoms with Crippen LogP contribution in [0.4, 0.5) is 0 Å². The number of carbonyl (C=O) groups excluding carboxylic acids is 1. The number of esters is 1. The van der Waals surface area contributed by atoms with Crippen LogP contribution in [0.25, 0.3) is 0 Å². The molecule has 6 N–H and O–H groups in total. The van der Waals surface area contributed by atoms with E-state index in [2.05, 4.69) is 0 Å². The van der Waals surface area contributed by atoms with E-state index in [1.165, 1.54) is 13.2 Å². The van der Waals surface area contributed by atoms with E-state index in [0.29, 0.717) is 5.57 Å². The molecule has 0 radical (unpaired) electrons. The van der Waals surface area contributed by atoms with Crippen molar-refractivity contribution >= 4 is 5.97 Å². The van der Waals surface area contributed by atoms with Gasteiger partial charge in [-0.3, -0.25) is 0 Å². The summed E-state index contributed by atoms with van der Waals surface area (Å²) in [6.45, 7) is -1.07. The molecule has 0 aromatic rings. The Labute approximate surface area is 160 Å². The van der Waals surface area contributed by atoms with Crippen molar-refractivity contribution in [1.29, 1.82) is 0 Å². The fraction of sp³-hybridized carbons (Fsp3) is 0.706. The minimum absolute atomic E-state index is 0.0494. The molecule has 0 amide bonds. The summed E-state index contributed by atoms with van der Waals surface area (Å²) in [5.41, 5.74) is 0.398. The summed E-state index contributed by atoms with van der Waals surface area (Å²) >= 11 is 0. The van der Waals surface area contributed by atoms with Gasteiger partial charge in [0.25, 0.3) is 0 Å². The van der Waals surface area contributed by atoms with Crippen LogP contribution in [0.3, 0.4) is 0 Å². The summed E-state index contributed by atoms with van der Waals surface area (Å²) in [5, 5.41) is 59.1. The van der Waals surface area contributed by atoms with Crippen LogP contribution in [0.15, 0.2) is 23.5 Å². The number of methoxy groups -OCH3 is 1. The second-order valence-corrected chi connectivity index (χ2v) is 6.84. The van der Waals surface area contributed by atoms with E-state index in [9.17, 15) is 35.4 Å². The number of aliphatic hydroxyl groups is 6. The second kappa shape index (κ2) is 8.43. The first kappa shape index (κ1) is 21.1. The molecular weight excluding hydrogens is 380 g/mol. The van der Waals surface area contributed by atoms with Crippen LogP contribution >= 0.6 is 0 Å². The molecule has 1 fully saturated rings. The molecule has 0 spiro atoms. The highest BCUT2D eigenvalue weighted by molar-refractivity contribution is 5.89. The molecule has 0 aromatic carbocycles. The van der Waals surface area contributed by atoms with Crippen LogP contribution < -0.4 is 0 Å². The van der Waals surface area contributed by atoms with E-state index in [0.717, 1.165) is 6.26 Å². The highest BCUT2D eigenvalue weighted by Gasteiger charge is 2.52. The quantitative estimate of drug-likeness (QED) is 0.200. The molecule has 2 heterocycles. The fourth-order valence-corrected chi connectivity index (χ4v) is 3.79. The van der Waals surface area contributed by atoms with E-state index in [-0.39, 0.29) is 5.57 Å². The third-order valence-corrected chi connectivity index (χ3v) is 5.27. The molecule has 9 atom stereocenters. The fourth-order valence-electron chi connectivity index (χ4n) is 3.79. The standard InChI is InChI=1S/C17H24O11/c1-25-15(24)7-5-26-16(10-6(3-18)2-8(20)11(7)10)28-17-14(23)13(22)12(21)9(4-19)27-17/h2,5,8-14,16-23H,3-4H2,1H3/t8?,9?,10-,11+,12?,13?,14?,16?,17?/m0/s1. The molecule has 7 unspecified atom stereocenters. The van der Waals surface area contributed by atoms with E-state index < -0.39 is 74.1 Å². The van der Waals surface area contributed by atoms with Gasteiger partial charge in [-0.05, 0) is 5.57 Å². The third-order valence-electron chi connectivity index (χ3n) is 5.27. The maximum Gasteiger partial charge on any atom is 0.337 e. The highest BCUT2D eigenvalue weighted by atomic mass is 16.8. The smallest absolute Gasteiger partial charge is 0.337 e. The first-order chi connectivity index (χ1) is 13.3. The topological polar surface area (TPSA) is 175 Å². The first-order valence-electron chi connectivity index (χ1n) is 8.73. The number of fused-ring (bicyclic) bond motifs is 1. The Morgan fingerprint density at radius 3 is 2.39 bits per heavy atom. The summed E-state index contributed by atoms with van der Waals surface area (Å²) in [6.07, 6.45) is -7.36. The molecule has 28 heavy (non-hydrogen) atoms. The van der Waals surface area contributed by atoms with Crippen LogP contribution in [0.5, 0.6) is 0 Å². The highest BCUT2D eigenvalue weighted by Crippen LogP contribution is 2.44. The first-order valence-corrected chi connectivity index (χ1v) is 8.73. The van der Waals surface area contributed by atoms with Gasteiger partial charge < -0.3 is 49.6 Å². The Morgan fingerprint density at radius 2 is 1.79 bits per heavy atom. The zero-order chi connectivity index (χ0) is 20.6. The van der Waals surface area contributed by atoms with Gasteiger partial charge in [-0.25, -0.2) is 4.79 Å². The summed E-state index contributed by atoms with van der Waals surface area (Å²) in [6, 6.07) is 0. The number of rotatable bonds is 5. The van der Waals surface area contributed by atoms with Crippen LogP contribution in [0.2, 0.25) is 0 Å². The lowest BCUT2D eigenvalue weighted by molar-refractivity contribution is -0.340. The largest absolute Gasteiger partial charge is 0.471 e. The van der Waals surface area contributed by atoms with Crippen molar-refractivity contribution in [3.05, 3.63) is 23.5 Å². The minimum atomic E-state index is -1.65. The molecule has 1 aliphatic carbocycles. The zero-order valence-corrected chi connectivity index (χ0v) is 15.0. The molecule has 0 bridgehead atoms. The maximum atomic E-state index is 12.0. The number of hydrogen-bond acceptors (Lipinski definition) is 11. The van der Waals surface area contributed by atoms with Crippen molar-refractivity contribution < 1.29 is 54.4 Å². The molecule has 0 aromatic heterocycles. The normalized spacial score (nSPS) is 42.9. The van der Waals surface area contributed by atoms with Crippen LogP contribution in [-0.4, -0.2) is 100 Å². The predicted octanol–water partition coefficient (Wildman–Crippen LogP) is -3.26. The van der Waals surface area contributed by atoms with Gasteiger partial charge in [-0.2, -0.15) is 0 Å². The van der Waals surface area contributed by atoms with Gasteiger partial charge in [0.05, 0.1) is 44.2 Å². The summed E-state index contributed by atoms with van der Waals surface area (Å²) in [7, 11) is 1.18. The van der Waals surface area contributed by atoms with Crippen molar-refractivity contribution in [3.8, 4) is 0 Å². The minimum Gasteiger partial charge on any atom is -0.471 e. The number of carbonyl (C=O) groups is 1. The Balaban J connectivity index is 1.84. The second-order valence-electron chi connectivity index (χ2n) is 6.84. The van der Waals surface area contributed by atoms with Gasteiger partial charge in [0, 0.05) is 5.92 Å². The number of ether oxygens (including phenoxy) is 4. The van der Waals surface area contributed by atoms with Crippen molar-refractivity contribution in [3.63, 3.8) is 0 Å². The summed E-state index contributed by atoms with van der Waals surface area (Å²) in [4.78, 5) is 12.0. The van der Waals surface area contributed by atoms with Crippen molar-refractivity contribution in [2.24, 2.45) is 11.8 Å². The van der Waals surface area contributed by atoms with Gasteiger partial charge in [-0.15, -0.1) is 0 Å². The van der Waals surface area contributed by atoms with Crippen molar-refractivity contribution in [2.45, 2.75) is 43.1 Å². The molecular formula is C17H24O11. The van der Waals surface area contributed by atoms with Gasteiger partial charge in [-0.1, -0.05) is 6.08 Å². The Bertz CT molecular complexity index is 645. The molecule has 158 valence electrons. The monoisotopic (exact) mass is 404 g/mol. The average Bonchev–Trinajstić information content (AvgIpc) is 3.05. The van der Waals surface area contributed by atoms with Crippen LogP contribution in [0, 0.1) is 11.8 Å². The average molecular weight is 404 g/mol. The lowest BCUT2D eigenvalue weighted by Crippen LogP contribution is -2.60. The molecule has 3 aliphatic rings. The Kier molecular flexibility index (Phi) is 6.37. The lowest BCUT2D eigenvalue weighted by atomic mass is 9.82. The molecule has 11 nitrogen and oxygen atoms in total. The van der Waals surface area contributed by atoms with E-state index in [1.54, 1.807) is 0 Å². The van der Waals surface area contributed by atoms with Gasteiger partial charge in [0.2, 0.25) is 6.29 Å². The summed E-state index contributed by atoms with van der Waals surface area (Å²) in [5.74, 6) is -2.34. The maximum absolute atomic E-state index is 12.0. The van der Waals surface area contributed by atoms with E-state index >= 15 is 0 Å². The van der Waals surface area contributed by atoms with E-state index in [1.807, 2.05) is 0 Å². The van der Waals surface area contributed by atoms with Gasteiger partial charge in [0.15, 0.2) is 6.29 Å². The molecule has 11 heteroatoms. The molecule has 1 saturated heterocycles. The third kappa shape index (κ3) is 3.55. The molecule has 3 rings (SSSR count). The van der Waals surface area contributed by atoms with Crippen LogP contribution in [-0.2, 0) is 23.7 Å². The Hall–Kier alpha value is -1.57. The molecule has 2 aliphatic heterocycles. The van der Waals surface area contributed by atoms with Gasteiger partial charge in [0.1, 0.15) is 24.4 Å². The predicted molar refractivity (Wildman–Crippen MR) is 88.0 cm³/mol. The SMILES string of the molecule is COC(=O)C1=COC(OC2OC(CO)C(O)C(O)C2O)[C@H]2C(CO)=CC(O)[C@@H]12. The van der Waals surface area contributed by atoms with Crippen molar-refractivity contribution in [1.82, 2.24) is 0 Å². The lowest BCUT2D eigenvalue weighted by Gasteiger charge is -2.43. The zero-order valence-electron chi connectivity index (χ0n) is 15.0. The van der Waals surface area contributed by atoms with Gasteiger partial charge >= 0.3 is 5.97 Å². The molecule has 0 saturated carbocycles. The number of aliphatic hydroxyl groups excluding tert-OH is 6. The number of hydrogen-bond donors (Lipinski definition) is 6. The van der Waals surface area contributed by atoms with Crippen molar-refractivity contribution in [2.75, 3.05) is 20.3 Å².